The number of nitrogens with zero attached hydrogens (tertiary/aromatic N) is 3. The Kier molecular flexibility index (Phi) is 8.13. The number of carbonyl (C=O) groups excluding carboxylic acids is 1. The van der Waals surface area contributed by atoms with Crippen LogP contribution in [0.5, 0.6) is 5.75 Å². The highest BCUT2D eigenvalue weighted by Gasteiger charge is 2.32. The van der Waals surface area contributed by atoms with Gasteiger partial charge >= 0.3 is 0 Å². The van der Waals surface area contributed by atoms with Gasteiger partial charge in [0.15, 0.2) is 0 Å². The second kappa shape index (κ2) is 10.6. The van der Waals surface area contributed by atoms with Gasteiger partial charge in [0.05, 0.1) is 19.8 Å². The van der Waals surface area contributed by atoms with E-state index in [1.807, 2.05) is 29.2 Å². The molecule has 0 aliphatic carbocycles. The fraction of sp³-hybridized carbons (Fsp3) is 0.682. The topological polar surface area (TPSA) is 70.2 Å². The minimum absolute atomic E-state index is 0.0513. The molecule has 8 heteroatoms. The third kappa shape index (κ3) is 6.43. The fourth-order valence-electron chi connectivity index (χ4n) is 4.52. The monoisotopic (exact) mass is 437 g/mol. The van der Waals surface area contributed by atoms with Gasteiger partial charge in [-0.1, -0.05) is 12.1 Å². The van der Waals surface area contributed by atoms with Crippen molar-refractivity contribution in [2.75, 3.05) is 52.6 Å². The van der Waals surface area contributed by atoms with Gasteiger partial charge in [0.1, 0.15) is 5.75 Å². The van der Waals surface area contributed by atoms with Crippen molar-refractivity contribution in [2.45, 2.75) is 44.6 Å². The molecular weight excluding hydrogens is 402 g/mol. The normalized spacial score (nSPS) is 20.6. The Bertz CT molecular complexity index is 791. The molecular formula is C22H35N3O4S. The number of piperidine rings is 1. The van der Waals surface area contributed by atoms with Crippen LogP contribution in [-0.4, -0.2) is 87.1 Å². The first-order chi connectivity index (χ1) is 14.4. The molecule has 3 rings (SSSR count). The lowest BCUT2D eigenvalue weighted by Gasteiger charge is -2.38. The Morgan fingerprint density at radius 3 is 2.47 bits per heavy atom. The zero-order valence-electron chi connectivity index (χ0n) is 18.3. The van der Waals surface area contributed by atoms with Crippen LogP contribution in [0.4, 0.5) is 0 Å². The van der Waals surface area contributed by atoms with Crippen LogP contribution in [0.1, 0.15) is 37.7 Å². The van der Waals surface area contributed by atoms with Gasteiger partial charge in [-0.15, -0.1) is 0 Å². The molecule has 2 aliphatic heterocycles. The van der Waals surface area contributed by atoms with E-state index in [4.69, 9.17) is 4.74 Å². The van der Waals surface area contributed by atoms with E-state index in [2.05, 4.69) is 4.90 Å². The summed E-state index contributed by atoms with van der Waals surface area (Å²) < 4.78 is 31.8. The molecule has 1 aromatic rings. The Balaban J connectivity index is 1.57. The van der Waals surface area contributed by atoms with Crippen LogP contribution in [0.25, 0.3) is 0 Å². The summed E-state index contributed by atoms with van der Waals surface area (Å²) in [4.78, 5) is 17.1. The van der Waals surface area contributed by atoms with Gasteiger partial charge < -0.3 is 14.5 Å². The molecule has 0 N–H and O–H groups in total. The van der Waals surface area contributed by atoms with Crippen LogP contribution >= 0.6 is 0 Å². The van der Waals surface area contributed by atoms with Crippen LogP contribution in [0.3, 0.4) is 0 Å². The summed E-state index contributed by atoms with van der Waals surface area (Å²) in [7, 11) is -1.70. The summed E-state index contributed by atoms with van der Waals surface area (Å²) >= 11 is 0. The number of amides is 1. The van der Waals surface area contributed by atoms with Crippen molar-refractivity contribution >= 4 is 15.9 Å². The molecule has 2 aliphatic rings. The smallest absolute Gasteiger partial charge is 0.227 e. The van der Waals surface area contributed by atoms with E-state index < -0.39 is 10.0 Å². The first kappa shape index (κ1) is 23.0. The number of sulfonamides is 1. The molecule has 7 nitrogen and oxygen atoms in total. The van der Waals surface area contributed by atoms with Gasteiger partial charge in [0.25, 0.3) is 0 Å². The highest BCUT2D eigenvalue weighted by molar-refractivity contribution is 7.88. The standard InChI is InChI=1S/C22H35N3O4S/c1-29-21-10-8-19(9-11-21)17-22(26)24-15-5-7-20(18-24)25(30(2,27)28)16-6-14-23-12-3-4-13-23/h8-11,20H,3-7,12-18H2,1-2H3. The van der Waals surface area contributed by atoms with Gasteiger partial charge in [-0.3, -0.25) is 4.79 Å². The number of carbonyl (C=O) groups is 1. The molecule has 2 saturated heterocycles. The Hall–Kier alpha value is -1.64. The van der Waals surface area contributed by atoms with Crippen LogP contribution in [-0.2, 0) is 21.2 Å². The Labute approximate surface area is 181 Å². The van der Waals surface area contributed by atoms with Crippen LogP contribution < -0.4 is 4.74 Å². The minimum atomic E-state index is -3.31. The lowest BCUT2D eigenvalue weighted by atomic mass is 10.0. The zero-order chi connectivity index (χ0) is 21.6. The van der Waals surface area contributed by atoms with Crippen molar-refractivity contribution in [3.05, 3.63) is 29.8 Å². The van der Waals surface area contributed by atoms with Gasteiger partial charge in [-0.25, -0.2) is 8.42 Å². The van der Waals surface area contributed by atoms with Crippen molar-refractivity contribution in [1.82, 2.24) is 14.1 Å². The van der Waals surface area contributed by atoms with Gasteiger partial charge in [-0.05, 0) is 69.4 Å². The summed E-state index contributed by atoms with van der Waals surface area (Å²) in [5.74, 6) is 0.817. The summed E-state index contributed by atoms with van der Waals surface area (Å²) in [6.07, 6.45) is 6.57. The third-order valence-electron chi connectivity index (χ3n) is 6.15. The molecule has 0 saturated carbocycles. The Morgan fingerprint density at radius 1 is 1.13 bits per heavy atom. The predicted octanol–water partition coefficient (Wildman–Crippen LogP) is 1.98. The maximum Gasteiger partial charge on any atom is 0.227 e. The first-order valence-corrected chi connectivity index (χ1v) is 12.8. The summed E-state index contributed by atoms with van der Waals surface area (Å²) in [5, 5.41) is 0. The largest absolute Gasteiger partial charge is 0.497 e. The lowest BCUT2D eigenvalue weighted by Crippen LogP contribution is -2.52. The molecule has 0 radical (unpaired) electrons. The van der Waals surface area contributed by atoms with Crippen molar-refractivity contribution in [2.24, 2.45) is 0 Å². The minimum Gasteiger partial charge on any atom is -0.497 e. The number of methoxy groups -OCH3 is 1. The molecule has 0 bridgehead atoms. The molecule has 2 heterocycles. The van der Waals surface area contributed by atoms with E-state index in [0.29, 0.717) is 26.1 Å². The summed E-state index contributed by atoms with van der Waals surface area (Å²) in [6, 6.07) is 7.38. The van der Waals surface area contributed by atoms with E-state index in [0.717, 1.165) is 50.2 Å². The SMILES string of the molecule is COc1ccc(CC(=O)N2CCCC(N(CCCN3CCCC3)S(C)(=O)=O)C2)cc1. The van der Waals surface area contributed by atoms with Gasteiger partial charge in [-0.2, -0.15) is 4.31 Å². The lowest BCUT2D eigenvalue weighted by molar-refractivity contribution is -0.132. The number of likely N-dealkylation sites (tertiary alicyclic amines) is 2. The van der Waals surface area contributed by atoms with Crippen molar-refractivity contribution in [3.63, 3.8) is 0 Å². The molecule has 1 atom stereocenters. The van der Waals surface area contributed by atoms with E-state index >= 15 is 0 Å². The maximum absolute atomic E-state index is 12.8. The highest BCUT2D eigenvalue weighted by Crippen LogP contribution is 2.21. The fourth-order valence-corrected chi connectivity index (χ4v) is 5.70. The molecule has 30 heavy (non-hydrogen) atoms. The molecule has 1 aromatic carbocycles. The van der Waals surface area contributed by atoms with Crippen molar-refractivity contribution < 1.29 is 17.9 Å². The van der Waals surface area contributed by atoms with Crippen molar-refractivity contribution in [1.29, 1.82) is 0 Å². The number of hydrogen-bond acceptors (Lipinski definition) is 5. The van der Waals surface area contributed by atoms with E-state index in [-0.39, 0.29) is 11.9 Å². The second-order valence-electron chi connectivity index (χ2n) is 8.44. The number of ether oxygens (including phenoxy) is 1. The van der Waals surface area contributed by atoms with E-state index in [9.17, 15) is 13.2 Å². The molecule has 0 spiro atoms. The van der Waals surface area contributed by atoms with Crippen LogP contribution in [0, 0.1) is 0 Å². The maximum atomic E-state index is 12.8. The average molecular weight is 438 g/mol. The van der Waals surface area contributed by atoms with Crippen molar-refractivity contribution in [3.8, 4) is 5.75 Å². The molecule has 0 aromatic heterocycles. The zero-order valence-corrected chi connectivity index (χ0v) is 19.1. The molecule has 1 amide bonds. The van der Waals surface area contributed by atoms with E-state index in [1.165, 1.54) is 19.1 Å². The number of hydrogen-bond donors (Lipinski definition) is 0. The summed E-state index contributed by atoms with van der Waals surface area (Å²) in [6.45, 7) is 4.88. The molecule has 168 valence electrons. The third-order valence-corrected chi connectivity index (χ3v) is 7.48. The number of benzene rings is 1. The second-order valence-corrected chi connectivity index (χ2v) is 10.4. The first-order valence-electron chi connectivity index (χ1n) is 11.0. The quantitative estimate of drug-likeness (QED) is 0.591. The summed E-state index contributed by atoms with van der Waals surface area (Å²) in [5.41, 5.74) is 0.938. The molecule has 2 fully saturated rings. The molecule has 1 unspecified atom stereocenters. The predicted molar refractivity (Wildman–Crippen MR) is 118 cm³/mol. The highest BCUT2D eigenvalue weighted by atomic mass is 32.2. The average Bonchev–Trinajstić information content (AvgIpc) is 3.24. The number of rotatable bonds is 9. The van der Waals surface area contributed by atoms with E-state index in [1.54, 1.807) is 11.4 Å². The Morgan fingerprint density at radius 2 is 1.83 bits per heavy atom. The van der Waals surface area contributed by atoms with Crippen LogP contribution in [0.2, 0.25) is 0 Å². The van der Waals surface area contributed by atoms with Crippen LogP contribution in [0.15, 0.2) is 24.3 Å². The van der Waals surface area contributed by atoms with Gasteiger partial charge in [0, 0.05) is 25.7 Å². The van der Waals surface area contributed by atoms with Gasteiger partial charge in [0.2, 0.25) is 15.9 Å².